The second-order valence-corrected chi connectivity index (χ2v) is 3.26. The first kappa shape index (κ1) is 6.49. The lowest BCUT2D eigenvalue weighted by Crippen LogP contribution is -1.76. The topological polar surface area (TPSA) is 17.1 Å². The molecule has 0 radical (unpaired) electrons. The Labute approximate surface area is 58.3 Å². The number of hydrogen-bond acceptors (Lipinski definition) is 2. The monoisotopic (exact) mass is 140 g/mol. The van der Waals surface area contributed by atoms with E-state index in [9.17, 15) is 4.79 Å². The molecule has 0 bridgehead atoms. The molecule has 1 aromatic heterocycles. The Morgan fingerprint density at radius 2 is 2.44 bits per heavy atom. The third-order valence-corrected chi connectivity index (χ3v) is 2.10. The van der Waals surface area contributed by atoms with Gasteiger partial charge in [-0.1, -0.05) is 0 Å². The van der Waals surface area contributed by atoms with Crippen LogP contribution in [-0.2, 0) is 11.2 Å². The largest absolute Gasteiger partial charge is 0.303 e. The fraction of sp³-hybridized carbons (Fsp3) is 0.286. The Balaban J connectivity index is 2.72. The molecule has 0 amide bonds. The standard InChI is InChI=1S/C7H8OS/c1-6-2-3-7(9-6)4-5-8/h2-3,5H,4H2,1H3. The predicted molar refractivity (Wildman–Crippen MR) is 38.8 cm³/mol. The SMILES string of the molecule is Cc1ccc(CC=O)s1. The van der Waals surface area contributed by atoms with Crippen LogP contribution in [0.1, 0.15) is 9.75 Å². The lowest BCUT2D eigenvalue weighted by molar-refractivity contribution is -0.107. The molecule has 0 aromatic carbocycles. The van der Waals surface area contributed by atoms with Gasteiger partial charge in [-0.15, -0.1) is 11.3 Å². The lowest BCUT2D eigenvalue weighted by Gasteiger charge is -1.80. The van der Waals surface area contributed by atoms with Crippen LogP contribution in [0.15, 0.2) is 12.1 Å². The molecule has 0 aliphatic carbocycles. The summed E-state index contributed by atoms with van der Waals surface area (Å²) < 4.78 is 0. The van der Waals surface area contributed by atoms with E-state index in [0.717, 1.165) is 11.2 Å². The van der Waals surface area contributed by atoms with Crippen LogP contribution in [-0.4, -0.2) is 6.29 Å². The molecule has 48 valence electrons. The minimum Gasteiger partial charge on any atom is -0.303 e. The molecule has 1 aromatic rings. The molecule has 2 heteroatoms. The maximum absolute atomic E-state index is 9.99. The highest BCUT2D eigenvalue weighted by atomic mass is 32.1. The summed E-state index contributed by atoms with van der Waals surface area (Å²) in [4.78, 5) is 12.4. The first-order valence-electron chi connectivity index (χ1n) is 2.82. The number of hydrogen-bond donors (Lipinski definition) is 0. The van der Waals surface area contributed by atoms with E-state index in [1.807, 2.05) is 19.1 Å². The van der Waals surface area contributed by atoms with Crippen LogP contribution in [0.25, 0.3) is 0 Å². The molecular formula is C7H8OS. The zero-order chi connectivity index (χ0) is 6.69. The third-order valence-electron chi connectivity index (χ3n) is 1.08. The van der Waals surface area contributed by atoms with Crippen LogP contribution in [0.5, 0.6) is 0 Å². The van der Waals surface area contributed by atoms with E-state index in [0.29, 0.717) is 6.42 Å². The molecule has 0 saturated heterocycles. The first-order valence-corrected chi connectivity index (χ1v) is 3.63. The maximum Gasteiger partial charge on any atom is 0.125 e. The van der Waals surface area contributed by atoms with Gasteiger partial charge in [-0.3, -0.25) is 0 Å². The predicted octanol–water partition coefficient (Wildman–Crippen LogP) is 1.80. The van der Waals surface area contributed by atoms with Gasteiger partial charge in [0, 0.05) is 16.2 Å². The van der Waals surface area contributed by atoms with E-state index >= 15 is 0 Å². The molecule has 0 N–H and O–H groups in total. The summed E-state index contributed by atoms with van der Waals surface area (Å²) in [6, 6.07) is 4.03. The van der Waals surface area contributed by atoms with Crippen molar-refractivity contribution < 1.29 is 4.79 Å². The fourth-order valence-corrected chi connectivity index (χ4v) is 1.51. The summed E-state index contributed by atoms with van der Waals surface area (Å²) in [5.74, 6) is 0. The van der Waals surface area contributed by atoms with Gasteiger partial charge in [0.1, 0.15) is 6.29 Å². The third kappa shape index (κ3) is 1.64. The number of carbonyl (C=O) groups is 1. The Bertz CT molecular complexity index is 202. The average Bonchev–Trinajstić information content (AvgIpc) is 2.17. The van der Waals surface area contributed by atoms with Crippen LogP contribution in [0, 0.1) is 6.92 Å². The van der Waals surface area contributed by atoms with Crippen molar-refractivity contribution in [3.63, 3.8) is 0 Å². The lowest BCUT2D eigenvalue weighted by atomic mass is 10.4. The normalized spacial score (nSPS) is 9.44. The first-order chi connectivity index (χ1) is 4.33. The van der Waals surface area contributed by atoms with Crippen molar-refractivity contribution in [2.45, 2.75) is 13.3 Å². The van der Waals surface area contributed by atoms with Gasteiger partial charge in [0.15, 0.2) is 0 Å². The second kappa shape index (κ2) is 2.78. The minimum absolute atomic E-state index is 0.568. The minimum atomic E-state index is 0.568. The quantitative estimate of drug-likeness (QED) is 0.572. The maximum atomic E-state index is 9.99. The van der Waals surface area contributed by atoms with Gasteiger partial charge in [0.05, 0.1) is 0 Å². The average molecular weight is 140 g/mol. The van der Waals surface area contributed by atoms with Gasteiger partial charge in [-0.25, -0.2) is 0 Å². The molecule has 0 aliphatic heterocycles. The Morgan fingerprint density at radius 1 is 1.67 bits per heavy atom. The van der Waals surface area contributed by atoms with Gasteiger partial charge in [0.25, 0.3) is 0 Å². The van der Waals surface area contributed by atoms with Crippen molar-refractivity contribution >= 4 is 17.6 Å². The number of carbonyl (C=O) groups excluding carboxylic acids is 1. The van der Waals surface area contributed by atoms with E-state index in [-0.39, 0.29) is 0 Å². The van der Waals surface area contributed by atoms with Crippen LogP contribution in [0.4, 0.5) is 0 Å². The molecule has 1 nitrogen and oxygen atoms in total. The Hall–Kier alpha value is -0.630. The van der Waals surface area contributed by atoms with E-state index in [2.05, 4.69) is 0 Å². The number of aldehydes is 1. The number of rotatable bonds is 2. The summed E-state index contributed by atoms with van der Waals surface area (Å²) in [6.07, 6.45) is 1.50. The molecule has 0 atom stereocenters. The molecular weight excluding hydrogens is 132 g/mol. The van der Waals surface area contributed by atoms with Crippen LogP contribution >= 0.6 is 11.3 Å². The van der Waals surface area contributed by atoms with Gasteiger partial charge in [0.2, 0.25) is 0 Å². The van der Waals surface area contributed by atoms with E-state index < -0.39 is 0 Å². The van der Waals surface area contributed by atoms with Gasteiger partial charge < -0.3 is 4.79 Å². The summed E-state index contributed by atoms with van der Waals surface area (Å²) in [7, 11) is 0. The van der Waals surface area contributed by atoms with Crippen molar-refractivity contribution in [3.05, 3.63) is 21.9 Å². The van der Waals surface area contributed by atoms with Crippen LogP contribution in [0.3, 0.4) is 0 Å². The zero-order valence-corrected chi connectivity index (χ0v) is 6.07. The van der Waals surface area contributed by atoms with Crippen molar-refractivity contribution in [2.24, 2.45) is 0 Å². The summed E-state index contributed by atoms with van der Waals surface area (Å²) in [5.41, 5.74) is 0. The smallest absolute Gasteiger partial charge is 0.125 e. The van der Waals surface area contributed by atoms with Gasteiger partial charge in [-0.05, 0) is 19.1 Å². The summed E-state index contributed by atoms with van der Waals surface area (Å²) >= 11 is 1.68. The van der Waals surface area contributed by atoms with Crippen molar-refractivity contribution in [2.75, 3.05) is 0 Å². The number of thiophene rings is 1. The summed E-state index contributed by atoms with van der Waals surface area (Å²) in [5, 5.41) is 0. The Kier molecular flexibility index (Phi) is 2.01. The molecule has 0 spiro atoms. The highest BCUT2D eigenvalue weighted by molar-refractivity contribution is 7.12. The van der Waals surface area contributed by atoms with Crippen molar-refractivity contribution in [3.8, 4) is 0 Å². The molecule has 0 saturated carbocycles. The molecule has 1 rings (SSSR count). The number of aryl methyl sites for hydroxylation is 1. The summed E-state index contributed by atoms with van der Waals surface area (Å²) in [6.45, 7) is 2.04. The fourth-order valence-electron chi connectivity index (χ4n) is 0.677. The van der Waals surface area contributed by atoms with Gasteiger partial charge >= 0.3 is 0 Å². The molecule has 9 heavy (non-hydrogen) atoms. The van der Waals surface area contributed by atoms with E-state index in [1.165, 1.54) is 4.88 Å². The van der Waals surface area contributed by atoms with Crippen LogP contribution < -0.4 is 0 Å². The molecule has 0 aliphatic rings. The molecule has 1 heterocycles. The van der Waals surface area contributed by atoms with Gasteiger partial charge in [-0.2, -0.15) is 0 Å². The highest BCUT2D eigenvalue weighted by Crippen LogP contribution is 2.14. The molecule has 0 fully saturated rings. The molecule has 0 unspecified atom stereocenters. The van der Waals surface area contributed by atoms with E-state index in [1.54, 1.807) is 11.3 Å². The Morgan fingerprint density at radius 3 is 2.89 bits per heavy atom. The second-order valence-electron chi connectivity index (χ2n) is 1.88. The van der Waals surface area contributed by atoms with E-state index in [4.69, 9.17) is 0 Å². The van der Waals surface area contributed by atoms with Crippen molar-refractivity contribution in [1.82, 2.24) is 0 Å². The van der Waals surface area contributed by atoms with Crippen molar-refractivity contribution in [1.29, 1.82) is 0 Å². The highest BCUT2D eigenvalue weighted by Gasteiger charge is 1.92. The van der Waals surface area contributed by atoms with Crippen LogP contribution in [0.2, 0.25) is 0 Å². The zero-order valence-electron chi connectivity index (χ0n) is 5.26.